The monoisotopic (exact) mass is 287 g/mol. The molecular weight excluding hydrogens is 270 g/mol. The lowest BCUT2D eigenvalue weighted by Gasteiger charge is -2.28. The maximum atomic E-state index is 12.3. The lowest BCUT2D eigenvalue weighted by atomic mass is 10.2. The molecule has 0 aliphatic carbocycles. The molecule has 19 heavy (non-hydrogen) atoms. The van der Waals surface area contributed by atoms with E-state index in [0.29, 0.717) is 19.8 Å². The van der Waals surface area contributed by atoms with E-state index in [-0.39, 0.29) is 22.8 Å². The van der Waals surface area contributed by atoms with Crippen molar-refractivity contribution < 1.29 is 14.3 Å². The zero-order chi connectivity index (χ0) is 14.3. The van der Waals surface area contributed by atoms with E-state index in [9.17, 15) is 4.79 Å². The molecule has 0 spiro atoms. The molecule has 106 valence electrons. The predicted molar refractivity (Wildman–Crippen MR) is 71.3 cm³/mol. The van der Waals surface area contributed by atoms with Crippen molar-refractivity contribution in [2.75, 3.05) is 34.0 Å². The normalized spacial score (nSPS) is 12.2. The number of carbonyl (C=O) groups excluding carboxylic acids is 1. The van der Waals surface area contributed by atoms with Crippen LogP contribution in [0.25, 0.3) is 0 Å². The average molecular weight is 288 g/mol. The molecule has 0 fully saturated rings. The highest BCUT2D eigenvalue weighted by molar-refractivity contribution is 6.29. The molecule has 1 rings (SSSR count). The Labute approximate surface area is 117 Å². The van der Waals surface area contributed by atoms with Crippen LogP contribution >= 0.6 is 11.6 Å². The van der Waals surface area contributed by atoms with Gasteiger partial charge in [-0.2, -0.15) is 0 Å². The van der Waals surface area contributed by atoms with E-state index >= 15 is 0 Å². The van der Waals surface area contributed by atoms with Gasteiger partial charge in [0.25, 0.3) is 5.91 Å². The molecule has 1 aromatic heterocycles. The summed E-state index contributed by atoms with van der Waals surface area (Å²) in [6.07, 6.45) is 2.72. The SMILES string of the molecule is COCCN(C(=O)c1cnc(Cl)cn1)C(C)COC. The molecule has 7 heteroatoms. The van der Waals surface area contributed by atoms with Gasteiger partial charge in [-0.1, -0.05) is 11.6 Å². The largest absolute Gasteiger partial charge is 0.383 e. The van der Waals surface area contributed by atoms with Crippen molar-refractivity contribution in [3.05, 3.63) is 23.2 Å². The topological polar surface area (TPSA) is 64.5 Å². The number of ether oxygens (including phenoxy) is 2. The number of amides is 1. The fraction of sp³-hybridized carbons (Fsp3) is 0.583. The Morgan fingerprint density at radius 1 is 1.37 bits per heavy atom. The first kappa shape index (κ1) is 15.8. The van der Waals surface area contributed by atoms with Gasteiger partial charge >= 0.3 is 0 Å². The third-order valence-corrected chi connectivity index (χ3v) is 2.77. The highest BCUT2D eigenvalue weighted by atomic mass is 35.5. The maximum Gasteiger partial charge on any atom is 0.274 e. The molecule has 0 aliphatic heterocycles. The van der Waals surface area contributed by atoms with Crippen LogP contribution in [0.5, 0.6) is 0 Å². The first-order valence-corrected chi connectivity index (χ1v) is 6.24. The van der Waals surface area contributed by atoms with Crippen molar-refractivity contribution >= 4 is 17.5 Å². The van der Waals surface area contributed by atoms with Crippen LogP contribution in [-0.4, -0.2) is 60.8 Å². The summed E-state index contributed by atoms with van der Waals surface area (Å²) in [6.45, 7) is 3.25. The molecule has 0 N–H and O–H groups in total. The quantitative estimate of drug-likeness (QED) is 0.755. The van der Waals surface area contributed by atoms with E-state index in [1.807, 2.05) is 6.92 Å². The van der Waals surface area contributed by atoms with Crippen molar-refractivity contribution in [2.45, 2.75) is 13.0 Å². The standard InChI is InChI=1S/C12H18ClN3O3/c1-9(8-19-3)16(4-5-18-2)12(17)10-6-15-11(13)7-14-10/h6-7,9H,4-5,8H2,1-3H3. The van der Waals surface area contributed by atoms with Gasteiger partial charge in [0.1, 0.15) is 10.8 Å². The fourth-order valence-electron chi connectivity index (χ4n) is 1.61. The molecule has 0 saturated carbocycles. The Balaban J connectivity index is 2.83. The molecule has 1 unspecified atom stereocenters. The number of hydrogen-bond acceptors (Lipinski definition) is 5. The highest BCUT2D eigenvalue weighted by Gasteiger charge is 2.22. The van der Waals surface area contributed by atoms with Crippen LogP contribution in [0, 0.1) is 0 Å². The Morgan fingerprint density at radius 3 is 2.63 bits per heavy atom. The van der Waals surface area contributed by atoms with E-state index < -0.39 is 0 Å². The number of halogens is 1. The molecule has 0 saturated heterocycles. The lowest BCUT2D eigenvalue weighted by molar-refractivity contribution is 0.0474. The number of carbonyl (C=O) groups is 1. The first-order valence-electron chi connectivity index (χ1n) is 5.86. The van der Waals surface area contributed by atoms with Crippen LogP contribution in [0.15, 0.2) is 12.4 Å². The average Bonchev–Trinajstić information content (AvgIpc) is 2.40. The highest BCUT2D eigenvalue weighted by Crippen LogP contribution is 2.08. The summed E-state index contributed by atoms with van der Waals surface area (Å²) >= 11 is 5.65. The van der Waals surface area contributed by atoms with E-state index in [4.69, 9.17) is 21.1 Å². The van der Waals surface area contributed by atoms with Crippen molar-refractivity contribution in [3.8, 4) is 0 Å². The zero-order valence-electron chi connectivity index (χ0n) is 11.3. The molecule has 1 atom stereocenters. The second kappa shape index (κ2) is 8.04. The minimum Gasteiger partial charge on any atom is -0.383 e. The molecule has 1 amide bonds. The predicted octanol–water partition coefficient (Wildman–Crippen LogP) is 1.25. The summed E-state index contributed by atoms with van der Waals surface area (Å²) < 4.78 is 10.1. The Morgan fingerprint density at radius 2 is 2.11 bits per heavy atom. The van der Waals surface area contributed by atoms with Gasteiger partial charge in [-0.25, -0.2) is 9.97 Å². The van der Waals surface area contributed by atoms with Gasteiger partial charge < -0.3 is 14.4 Å². The number of aromatic nitrogens is 2. The minimum atomic E-state index is -0.217. The van der Waals surface area contributed by atoms with Crippen LogP contribution in [-0.2, 0) is 9.47 Å². The van der Waals surface area contributed by atoms with Gasteiger partial charge in [0.2, 0.25) is 0 Å². The summed E-state index contributed by atoms with van der Waals surface area (Å²) in [5, 5.41) is 0.255. The number of methoxy groups -OCH3 is 2. The summed E-state index contributed by atoms with van der Waals surface area (Å²) in [6, 6.07) is -0.0786. The number of rotatable bonds is 7. The van der Waals surface area contributed by atoms with Crippen LogP contribution in [0.1, 0.15) is 17.4 Å². The van der Waals surface area contributed by atoms with Crippen molar-refractivity contribution in [3.63, 3.8) is 0 Å². The van der Waals surface area contributed by atoms with E-state index in [1.165, 1.54) is 12.4 Å². The second-order valence-corrected chi connectivity index (χ2v) is 4.41. The summed E-state index contributed by atoms with van der Waals surface area (Å²) in [5.41, 5.74) is 0.253. The maximum absolute atomic E-state index is 12.3. The Bertz CT molecular complexity index is 400. The first-order chi connectivity index (χ1) is 9.10. The van der Waals surface area contributed by atoms with Crippen molar-refractivity contribution in [1.82, 2.24) is 14.9 Å². The third kappa shape index (κ3) is 4.74. The smallest absolute Gasteiger partial charge is 0.274 e. The third-order valence-electron chi connectivity index (χ3n) is 2.58. The molecular formula is C12H18ClN3O3. The van der Waals surface area contributed by atoms with E-state index in [2.05, 4.69) is 9.97 Å². The molecule has 0 aromatic carbocycles. The second-order valence-electron chi connectivity index (χ2n) is 4.02. The summed E-state index contributed by atoms with van der Waals surface area (Å²) in [4.78, 5) is 21.8. The Hall–Kier alpha value is -1.24. The fourth-order valence-corrected chi connectivity index (χ4v) is 1.71. The number of nitrogens with zero attached hydrogens (tertiary/aromatic N) is 3. The van der Waals surface area contributed by atoms with Crippen molar-refractivity contribution in [2.24, 2.45) is 0 Å². The van der Waals surface area contributed by atoms with Crippen LogP contribution in [0.4, 0.5) is 0 Å². The summed E-state index contributed by atoms with van der Waals surface area (Å²) in [5.74, 6) is -0.217. The van der Waals surface area contributed by atoms with Crippen LogP contribution in [0.2, 0.25) is 5.15 Å². The van der Waals surface area contributed by atoms with Gasteiger partial charge in [0, 0.05) is 20.8 Å². The van der Waals surface area contributed by atoms with Gasteiger partial charge in [-0.3, -0.25) is 4.79 Å². The van der Waals surface area contributed by atoms with Crippen LogP contribution < -0.4 is 0 Å². The molecule has 0 bridgehead atoms. The van der Waals surface area contributed by atoms with E-state index in [1.54, 1.807) is 19.1 Å². The van der Waals surface area contributed by atoms with Crippen molar-refractivity contribution in [1.29, 1.82) is 0 Å². The lowest BCUT2D eigenvalue weighted by Crippen LogP contribution is -2.43. The van der Waals surface area contributed by atoms with Gasteiger partial charge in [0.05, 0.1) is 31.6 Å². The molecule has 1 heterocycles. The molecule has 1 aromatic rings. The Kier molecular flexibility index (Phi) is 6.69. The molecule has 6 nitrogen and oxygen atoms in total. The molecule has 0 aliphatic rings. The van der Waals surface area contributed by atoms with Crippen LogP contribution in [0.3, 0.4) is 0 Å². The van der Waals surface area contributed by atoms with E-state index in [0.717, 1.165) is 0 Å². The van der Waals surface area contributed by atoms with Gasteiger partial charge in [-0.05, 0) is 6.92 Å². The minimum absolute atomic E-state index is 0.0786. The van der Waals surface area contributed by atoms with Gasteiger partial charge in [-0.15, -0.1) is 0 Å². The summed E-state index contributed by atoms with van der Waals surface area (Å²) in [7, 11) is 3.18. The zero-order valence-corrected chi connectivity index (χ0v) is 12.1. The van der Waals surface area contributed by atoms with Gasteiger partial charge in [0.15, 0.2) is 0 Å². The molecule has 0 radical (unpaired) electrons. The number of hydrogen-bond donors (Lipinski definition) is 0.